The van der Waals surface area contributed by atoms with E-state index in [1.54, 1.807) is 37.4 Å². The molecule has 5 nitrogen and oxygen atoms in total. The molecule has 0 saturated heterocycles. The molecule has 3 N–H and O–H groups in total. The lowest BCUT2D eigenvalue weighted by molar-refractivity contribution is 0.0990. The number of rotatable bonds is 3. The third-order valence-corrected chi connectivity index (χ3v) is 3.00. The molecule has 1 amide bonds. The zero-order valence-electron chi connectivity index (χ0n) is 11.3. The number of carbonyl (C=O) groups is 1. The Kier molecular flexibility index (Phi) is 3.79. The Hall–Kier alpha value is -2.69. The summed E-state index contributed by atoms with van der Waals surface area (Å²) in [6.45, 7) is 0. The maximum Gasteiger partial charge on any atom is 0.261 e. The average Bonchev–Trinajstić information content (AvgIpc) is 2.46. The normalized spacial score (nSPS) is 10.1. The van der Waals surface area contributed by atoms with Crippen molar-refractivity contribution in [2.75, 3.05) is 24.8 Å². The van der Waals surface area contributed by atoms with Gasteiger partial charge in [0.2, 0.25) is 0 Å². The molecule has 5 heteroatoms. The minimum Gasteiger partial charge on any atom is -0.508 e. The lowest BCUT2D eigenvalue weighted by Gasteiger charge is -2.19. The Morgan fingerprint density at radius 3 is 2.45 bits per heavy atom. The van der Waals surface area contributed by atoms with Crippen LogP contribution in [0.25, 0.3) is 0 Å². The van der Waals surface area contributed by atoms with Crippen LogP contribution < -0.4 is 15.4 Å². The second-order valence-electron chi connectivity index (χ2n) is 4.34. The number of nitrogens with zero attached hydrogens (tertiary/aromatic N) is 1. The number of methoxy groups -OCH3 is 1. The molecular formula is C15H16N2O3. The second-order valence-corrected chi connectivity index (χ2v) is 4.34. The topological polar surface area (TPSA) is 75.8 Å². The first-order chi connectivity index (χ1) is 9.52. The van der Waals surface area contributed by atoms with Crippen LogP contribution in [0.5, 0.6) is 11.5 Å². The molecule has 0 atom stereocenters. The van der Waals surface area contributed by atoms with E-state index in [0.29, 0.717) is 22.7 Å². The maximum atomic E-state index is 12.5. The molecule has 0 spiro atoms. The molecule has 104 valence electrons. The summed E-state index contributed by atoms with van der Waals surface area (Å²) in [5.41, 5.74) is 7.31. The van der Waals surface area contributed by atoms with Crippen LogP contribution in [0.3, 0.4) is 0 Å². The van der Waals surface area contributed by atoms with Crippen LogP contribution in [0, 0.1) is 0 Å². The number of aromatic hydroxyl groups is 1. The van der Waals surface area contributed by atoms with Crippen LogP contribution >= 0.6 is 0 Å². The molecule has 2 aromatic rings. The van der Waals surface area contributed by atoms with E-state index in [0.717, 1.165) is 0 Å². The number of hydrogen-bond acceptors (Lipinski definition) is 4. The molecule has 2 aromatic carbocycles. The van der Waals surface area contributed by atoms with E-state index in [4.69, 9.17) is 10.5 Å². The predicted molar refractivity (Wildman–Crippen MR) is 78.2 cm³/mol. The van der Waals surface area contributed by atoms with Gasteiger partial charge in [0.15, 0.2) is 0 Å². The number of carbonyl (C=O) groups excluding carboxylic acids is 1. The SMILES string of the molecule is COc1cc(N)ccc1C(=O)N(C)c1ccc(O)cc1. The lowest BCUT2D eigenvalue weighted by Crippen LogP contribution is -2.26. The van der Waals surface area contributed by atoms with Gasteiger partial charge in [-0.2, -0.15) is 0 Å². The molecule has 0 saturated carbocycles. The molecule has 0 fully saturated rings. The predicted octanol–water partition coefficient (Wildman–Crippen LogP) is 2.26. The highest BCUT2D eigenvalue weighted by molar-refractivity contribution is 6.07. The van der Waals surface area contributed by atoms with Crippen molar-refractivity contribution in [2.24, 2.45) is 0 Å². The van der Waals surface area contributed by atoms with Crippen molar-refractivity contribution in [3.05, 3.63) is 48.0 Å². The highest BCUT2D eigenvalue weighted by Crippen LogP contribution is 2.25. The van der Waals surface area contributed by atoms with E-state index in [1.807, 2.05) is 0 Å². The molecule has 0 radical (unpaired) electrons. The summed E-state index contributed by atoms with van der Waals surface area (Å²) < 4.78 is 5.18. The Morgan fingerprint density at radius 1 is 1.20 bits per heavy atom. The summed E-state index contributed by atoms with van der Waals surface area (Å²) in [6, 6.07) is 11.3. The lowest BCUT2D eigenvalue weighted by atomic mass is 10.1. The Balaban J connectivity index is 2.33. The van der Waals surface area contributed by atoms with Gasteiger partial charge in [-0.3, -0.25) is 4.79 Å². The maximum absolute atomic E-state index is 12.5. The fourth-order valence-electron chi connectivity index (χ4n) is 1.86. The Bertz CT molecular complexity index is 624. The fraction of sp³-hybridized carbons (Fsp3) is 0.133. The minimum atomic E-state index is -0.215. The van der Waals surface area contributed by atoms with E-state index in [9.17, 15) is 9.90 Å². The Labute approximate surface area is 117 Å². The molecule has 20 heavy (non-hydrogen) atoms. The van der Waals surface area contributed by atoms with E-state index < -0.39 is 0 Å². The highest BCUT2D eigenvalue weighted by Gasteiger charge is 2.18. The smallest absolute Gasteiger partial charge is 0.261 e. The van der Waals surface area contributed by atoms with Gasteiger partial charge in [0.05, 0.1) is 12.7 Å². The first kappa shape index (κ1) is 13.7. The standard InChI is InChI=1S/C15H16N2O3/c1-17(11-4-6-12(18)7-5-11)15(19)13-8-3-10(16)9-14(13)20-2/h3-9,18H,16H2,1-2H3. The van der Waals surface area contributed by atoms with Crippen molar-refractivity contribution >= 4 is 17.3 Å². The van der Waals surface area contributed by atoms with Crippen molar-refractivity contribution in [3.8, 4) is 11.5 Å². The molecule has 0 unspecified atom stereocenters. The van der Waals surface area contributed by atoms with Crippen LogP contribution in [0.4, 0.5) is 11.4 Å². The molecule has 0 aliphatic rings. The summed E-state index contributed by atoms with van der Waals surface area (Å²) in [4.78, 5) is 13.9. The van der Waals surface area contributed by atoms with Crippen molar-refractivity contribution in [1.29, 1.82) is 0 Å². The number of phenols is 1. The number of anilines is 2. The van der Waals surface area contributed by atoms with E-state index >= 15 is 0 Å². The summed E-state index contributed by atoms with van der Waals surface area (Å²) in [5.74, 6) is 0.368. The number of benzene rings is 2. The average molecular weight is 272 g/mol. The largest absolute Gasteiger partial charge is 0.508 e. The number of amides is 1. The number of nitrogens with two attached hydrogens (primary N) is 1. The number of hydrogen-bond donors (Lipinski definition) is 2. The van der Waals surface area contributed by atoms with Gasteiger partial charge in [0, 0.05) is 24.5 Å². The quantitative estimate of drug-likeness (QED) is 0.840. The molecule has 0 aliphatic carbocycles. The monoisotopic (exact) mass is 272 g/mol. The van der Waals surface area contributed by atoms with E-state index in [1.165, 1.54) is 24.1 Å². The van der Waals surface area contributed by atoms with E-state index in [2.05, 4.69) is 0 Å². The van der Waals surface area contributed by atoms with E-state index in [-0.39, 0.29) is 11.7 Å². The first-order valence-corrected chi connectivity index (χ1v) is 6.03. The summed E-state index contributed by atoms with van der Waals surface area (Å²) >= 11 is 0. The van der Waals surface area contributed by atoms with Crippen LogP contribution in [-0.2, 0) is 0 Å². The number of ether oxygens (including phenoxy) is 1. The Morgan fingerprint density at radius 2 is 1.85 bits per heavy atom. The number of phenolic OH excluding ortho intramolecular Hbond substituents is 1. The van der Waals surface area contributed by atoms with Crippen LogP contribution in [0.1, 0.15) is 10.4 Å². The zero-order chi connectivity index (χ0) is 14.7. The van der Waals surface area contributed by atoms with Gasteiger partial charge >= 0.3 is 0 Å². The third-order valence-electron chi connectivity index (χ3n) is 3.00. The molecular weight excluding hydrogens is 256 g/mol. The van der Waals surface area contributed by atoms with Crippen molar-refractivity contribution in [2.45, 2.75) is 0 Å². The fourth-order valence-corrected chi connectivity index (χ4v) is 1.86. The molecule has 0 heterocycles. The number of nitrogen functional groups attached to an aromatic ring is 1. The second kappa shape index (κ2) is 5.52. The summed E-state index contributed by atoms with van der Waals surface area (Å²) in [5, 5.41) is 9.27. The van der Waals surface area contributed by atoms with Gasteiger partial charge < -0.3 is 20.5 Å². The molecule has 0 aliphatic heterocycles. The molecule has 0 aromatic heterocycles. The van der Waals surface area contributed by atoms with Crippen LogP contribution in [-0.4, -0.2) is 25.2 Å². The highest BCUT2D eigenvalue weighted by atomic mass is 16.5. The molecule has 2 rings (SSSR count). The molecule has 0 bridgehead atoms. The third kappa shape index (κ3) is 2.66. The van der Waals surface area contributed by atoms with Gasteiger partial charge in [-0.1, -0.05) is 0 Å². The van der Waals surface area contributed by atoms with Gasteiger partial charge in [0.25, 0.3) is 5.91 Å². The van der Waals surface area contributed by atoms with Crippen molar-refractivity contribution in [1.82, 2.24) is 0 Å². The van der Waals surface area contributed by atoms with Crippen molar-refractivity contribution < 1.29 is 14.6 Å². The van der Waals surface area contributed by atoms with Gasteiger partial charge in [0.1, 0.15) is 11.5 Å². The first-order valence-electron chi connectivity index (χ1n) is 6.03. The minimum absolute atomic E-state index is 0.152. The van der Waals surface area contributed by atoms with Crippen LogP contribution in [0.2, 0.25) is 0 Å². The summed E-state index contributed by atoms with van der Waals surface area (Å²) in [6.07, 6.45) is 0. The van der Waals surface area contributed by atoms with Crippen LogP contribution in [0.15, 0.2) is 42.5 Å². The van der Waals surface area contributed by atoms with Gasteiger partial charge in [-0.15, -0.1) is 0 Å². The zero-order valence-corrected chi connectivity index (χ0v) is 11.3. The van der Waals surface area contributed by atoms with Crippen molar-refractivity contribution in [3.63, 3.8) is 0 Å². The van der Waals surface area contributed by atoms with Gasteiger partial charge in [-0.05, 0) is 36.4 Å². The summed E-state index contributed by atoms with van der Waals surface area (Å²) in [7, 11) is 3.15. The van der Waals surface area contributed by atoms with Gasteiger partial charge in [-0.25, -0.2) is 0 Å².